The lowest BCUT2D eigenvalue weighted by Gasteiger charge is -2.32. The van der Waals surface area contributed by atoms with Crippen molar-refractivity contribution >= 4 is 5.84 Å². The van der Waals surface area contributed by atoms with Gasteiger partial charge in [-0.25, -0.2) is 0 Å². The molecular formula is C16H26N4O. The summed E-state index contributed by atoms with van der Waals surface area (Å²) in [5.41, 5.74) is 7.49. The zero-order valence-corrected chi connectivity index (χ0v) is 12.8. The Kier molecular flexibility index (Phi) is 6.02. The largest absolute Gasteiger partial charge is 0.409 e. The van der Waals surface area contributed by atoms with Crippen molar-refractivity contribution in [2.24, 2.45) is 10.9 Å². The molecule has 4 N–H and O–H groups in total. The molecule has 1 unspecified atom stereocenters. The van der Waals surface area contributed by atoms with E-state index in [0.29, 0.717) is 6.04 Å². The van der Waals surface area contributed by atoms with Crippen molar-refractivity contribution in [3.63, 3.8) is 0 Å². The van der Waals surface area contributed by atoms with Gasteiger partial charge in [-0.15, -0.1) is 0 Å². The molecule has 5 nitrogen and oxygen atoms in total. The van der Waals surface area contributed by atoms with E-state index in [-0.39, 0.29) is 5.84 Å². The fraction of sp³-hybridized carbons (Fsp3) is 0.562. The van der Waals surface area contributed by atoms with Crippen LogP contribution >= 0.6 is 0 Å². The SMILES string of the molecule is CC(CNCc1ccc(C(N)=NO)cc1)N1CCCCC1. The van der Waals surface area contributed by atoms with E-state index in [1.165, 1.54) is 37.9 Å². The molecule has 0 radical (unpaired) electrons. The summed E-state index contributed by atoms with van der Waals surface area (Å²) >= 11 is 0. The third-order valence-corrected chi connectivity index (χ3v) is 4.14. The smallest absolute Gasteiger partial charge is 0.170 e. The van der Waals surface area contributed by atoms with Gasteiger partial charge in [-0.3, -0.25) is 4.90 Å². The minimum Gasteiger partial charge on any atom is -0.409 e. The molecule has 0 aliphatic carbocycles. The number of benzene rings is 1. The zero-order chi connectivity index (χ0) is 15.1. The first-order valence-corrected chi connectivity index (χ1v) is 7.72. The Hall–Kier alpha value is -1.59. The van der Waals surface area contributed by atoms with Crippen molar-refractivity contribution in [2.45, 2.75) is 38.8 Å². The number of nitrogens with zero attached hydrogens (tertiary/aromatic N) is 2. The molecule has 1 atom stereocenters. The van der Waals surface area contributed by atoms with Crippen molar-refractivity contribution in [2.75, 3.05) is 19.6 Å². The second kappa shape index (κ2) is 8.00. The molecule has 0 aromatic heterocycles. The maximum Gasteiger partial charge on any atom is 0.170 e. The first kappa shape index (κ1) is 15.8. The topological polar surface area (TPSA) is 73.9 Å². The van der Waals surface area contributed by atoms with Crippen LogP contribution < -0.4 is 11.1 Å². The van der Waals surface area contributed by atoms with Gasteiger partial charge in [0.2, 0.25) is 0 Å². The highest BCUT2D eigenvalue weighted by Crippen LogP contribution is 2.11. The van der Waals surface area contributed by atoms with E-state index >= 15 is 0 Å². The van der Waals surface area contributed by atoms with Gasteiger partial charge in [0, 0.05) is 24.7 Å². The van der Waals surface area contributed by atoms with Crippen LogP contribution in [0.4, 0.5) is 0 Å². The third kappa shape index (κ3) is 4.72. The molecule has 116 valence electrons. The first-order chi connectivity index (χ1) is 10.2. The monoisotopic (exact) mass is 290 g/mol. The van der Waals surface area contributed by atoms with Crippen LogP contribution in [0.3, 0.4) is 0 Å². The van der Waals surface area contributed by atoms with Gasteiger partial charge < -0.3 is 16.3 Å². The molecule has 5 heteroatoms. The summed E-state index contributed by atoms with van der Waals surface area (Å²) in [5.74, 6) is 0.147. The molecule has 1 saturated heterocycles. The van der Waals surface area contributed by atoms with Crippen molar-refractivity contribution in [3.8, 4) is 0 Å². The van der Waals surface area contributed by atoms with E-state index in [1.54, 1.807) is 0 Å². The molecule has 1 heterocycles. The highest BCUT2D eigenvalue weighted by atomic mass is 16.4. The number of nitrogens with two attached hydrogens (primary N) is 1. The van der Waals surface area contributed by atoms with Gasteiger partial charge in [0.05, 0.1) is 0 Å². The molecule has 2 rings (SSSR count). The van der Waals surface area contributed by atoms with Crippen LogP contribution in [-0.4, -0.2) is 41.6 Å². The number of nitrogens with one attached hydrogen (secondary N) is 1. The number of rotatable bonds is 6. The van der Waals surface area contributed by atoms with Crippen molar-refractivity contribution in [1.29, 1.82) is 0 Å². The van der Waals surface area contributed by atoms with Crippen LogP contribution in [0, 0.1) is 0 Å². The molecule has 0 bridgehead atoms. The van der Waals surface area contributed by atoms with Crippen molar-refractivity contribution < 1.29 is 5.21 Å². The van der Waals surface area contributed by atoms with E-state index in [0.717, 1.165) is 18.7 Å². The Balaban J connectivity index is 1.75. The number of amidine groups is 1. The Morgan fingerprint density at radius 3 is 2.57 bits per heavy atom. The van der Waals surface area contributed by atoms with Crippen LogP contribution in [0.1, 0.15) is 37.3 Å². The summed E-state index contributed by atoms with van der Waals surface area (Å²) in [6, 6.07) is 8.35. The van der Waals surface area contributed by atoms with Gasteiger partial charge in [0.15, 0.2) is 5.84 Å². The highest BCUT2D eigenvalue weighted by Gasteiger charge is 2.15. The summed E-state index contributed by atoms with van der Waals surface area (Å²) in [5, 5.41) is 15.1. The lowest BCUT2D eigenvalue weighted by molar-refractivity contribution is 0.170. The van der Waals surface area contributed by atoms with E-state index in [4.69, 9.17) is 10.9 Å². The number of piperidine rings is 1. The molecule has 1 aliphatic heterocycles. The van der Waals surface area contributed by atoms with E-state index < -0.39 is 0 Å². The molecular weight excluding hydrogens is 264 g/mol. The summed E-state index contributed by atoms with van der Waals surface area (Å²) in [7, 11) is 0. The van der Waals surface area contributed by atoms with Crippen molar-refractivity contribution in [3.05, 3.63) is 35.4 Å². The van der Waals surface area contributed by atoms with E-state index in [9.17, 15) is 0 Å². The summed E-state index contributed by atoms with van der Waals surface area (Å²) < 4.78 is 0. The number of oxime groups is 1. The van der Waals surface area contributed by atoms with Crippen LogP contribution in [0.25, 0.3) is 0 Å². The fourth-order valence-electron chi connectivity index (χ4n) is 2.76. The fourth-order valence-corrected chi connectivity index (χ4v) is 2.76. The van der Waals surface area contributed by atoms with Gasteiger partial charge in [0.25, 0.3) is 0 Å². The predicted octanol–water partition coefficient (Wildman–Crippen LogP) is 1.75. The van der Waals surface area contributed by atoms with Gasteiger partial charge in [-0.1, -0.05) is 35.8 Å². The number of likely N-dealkylation sites (tertiary alicyclic amines) is 1. The quantitative estimate of drug-likeness (QED) is 0.323. The third-order valence-electron chi connectivity index (χ3n) is 4.14. The Bertz CT molecular complexity index is 452. The maximum absolute atomic E-state index is 8.63. The number of hydrogen-bond donors (Lipinski definition) is 3. The van der Waals surface area contributed by atoms with Crippen molar-refractivity contribution in [1.82, 2.24) is 10.2 Å². The van der Waals surface area contributed by atoms with Gasteiger partial charge in [-0.2, -0.15) is 0 Å². The lowest BCUT2D eigenvalue weighted by Crippen LogP contribution is -2.42. The maximum atomic E-state index is 8.63. The van der Waals surface area contributed by atoms with Gasteiger partial charge in [-0.05, 0) is 38.4 Å². The van der Waals surface area contributed by atoms with Crippen LogP contribution in [0.5, 0.6) is 0 Å². The van der Waals surface area contributed by atoms with E-state index in [1.807, 2.05) is 24.3 Å². The van der Waals surface area contributed by atoms with Gasteiger partial charge >= 0.3 is 0 Å². The average Bonchev–Trinajstić information content (AvgIpc) is 2.55. The molecule has 1 aromatic carbocycles. The van der Waals surface area contributed by atoms with E-state index in [2.05, 4.69) is 22.3 Å². The summed E-state index contributed by atoms with van der Waals surface area (Å²) in [6.07, 6.45) is 4.04. The molecule has 0 amide bonds. The summed E-state index contributed by atoms with van der Waals surface area (Å²) in [6.45, 7) is 6.60. The molecule has 0 saturated carbocycles. The molecule has 1 aromatic rings. The summed E-state index contributed by atoms with van der Waals surface area (Å²) in [4.78, 5) is 2.57. The van der Waals surface area contributed by atoms with Crippen LogP contribution in [0.15, 0.2) is 29.4 Å². The average molecular weight is 290 g/mol. The lowest BCUT2D eigenvalue weighted by atomic mass is 10.1. The Labute approximate surface area is 126 Å². The number of hydrogen-bond acceptors (Lipinski definition) is 4. The molecule has 1 fully saturated rings. The molecule has 0 spiro atoms. The predicted molar refractivity (Wildman–Crippen MR) is 85.5 cm³/mol. The highest BCUT2D eigenvalue weighted by molar-refractivity contribution is 5.96. The molecule has 21 heavy (non-hydrogen) atoms. The van der Waals surface area contributed by atoms with Crippen LogP contribution in [-0.2, 0) is 6.54 Å². The first-order valence-electron chi connectivity index (χ1n) is 7.72. The van der Waals surface area contributed by atoms with Crippen LogP contribution in [0.2, 0.25) is 0 Å². The standard InChI is InChI=1S/C16H26N4O/c1-13(20-9-3-2-4-10-20)11-18-12-14-5-7-15(8-6-14)16(17)19-21/h5-8,13,18,21H,2-4,9-12H2,1H3,(H2,17,19). The zero-order valence-electron chi connectivity index (χ0n) is 12.8. The second-order valence-electron chi connectivity index (χ2n) is 5.76. The Morgan fingerprint density at radius 1 is 1.29 bits per heavy atom. The Morgan fingerprint density at radius 2 is 1.95 bits per heavy atom. The minimum absolute atomic E-state index is 0.147. The normalized spacial score (nSPS) is 18.6. The molecule has 1 aliphatic rings. The minimum atomic E-state index is 0.147. The van der Waals surface area contributed by atoms with Gasteiger partial charge in [0.1, 0.15) is 0 Å². The second-order valence-corrected chi connectivity index (χ2v) is 5.76.